The fourth-order valence-corrected chi connectivity index (χ4v) is 33.3. The molecule has 0 saturated heterocycles. The average molecular weight is 2030 g/mol. The number of Topliss-reactive ketones (excluding diaryl/α,β-unsaturated/α-hetero) is 3. The molecule has 0 aliphatic carbocycles. The molecular weight excluding hydrogens is 1880 g/mol. The van der Waals surface area contributed by atoms with Gasteiger partial charge in [-0.25, -0.2) is 0 Å². The molecule has 4 unspecified atom stereocenters. The zero-order valence-corrected chi connectivity index (χ0v) is 92.3. The van der Waals surface area contributed by atoms with E-state index in [1.807, 2.05) is 149 Å². The summed E-state index contributed by atoms with van der Waals surface area (Å²) in [5.74, 6) is -1.30. The summed E-state index contributed by atoms with van der Waals surface area (Å²) in [7, 11) is 0.443. The van der Waals surface area contributed by atoms with Gasteiger partial charge in [0.15, 0.2) is 17.3 Å². The summed E-state index contributed by atoms with van der Waals surface area (Å²) in [6.45, 7) is 30.1. The molecular formula is C127H153N9O9Si3. The summed E-state index contributed by atoms with van der Waals surface area (Å²) in [6, 6.07) is 116. The van der Waals surface area contributed by atoms with Gasteiger partial charge in [0.2, 0.25) is 0 Å². The van der Waals surface area contributed by atoms with Gasteiger partial charge in [0.25, 0.3) is 35.4 Å². The Hall–Kier alpha value is -13.8. The molecule has 0 heterocycles. The van der Waals surface area contributed by atoms with Crippen molar-refractivity contribution in [3.8, 4) is 0 Å². The van der Waals surface area contributed by atoms with Crippen molar-refractivity contribution < 1.29 is 43.2 Å². The van der Waals surface area contributed by atoms with Gasteiger partial charge in [0, 0.05) is 114 Å². The largest absolute Gasteiger partial charge is 0.352 e. The van der Waals surface area contributed by atoms with E-state index >= 15 is 0 Å². The highest BCUT2D eigenvalue weighted by Gasteiger charge is 2.41. The van der Waals surface area contributed by atoms with Crippen LogP contribution in [0.2, 0.25) is 62.5 Å². The van der Waals surface area contributed by atoms with E-state index in [1.54, 1.807) is 91.0 Å². The van der Waals surface area contributed by atoms with Crippen LogP contribution in [0, 0.1) is 5.41 Å². The standard InChI is InChI=1S/C47H55N3O3Si.C45H51N3O3Si.C35H47N3O3Si/c1-5-36-16-12-18-39(32-36)46(53)50-42-26-24-37(25-27-42)33-44(51)38-17-13-19-40(34-38)45(52)49-30-15-31-54(4,43-22-10-7-11-23-43)35-47(2,28-14-29-48-3)41-20-8-6-9-21-41;1-5-34-15-12-18-37(29-34)44(51)48-40-22-13-16-35(30-40)31-42(49)36-17-14-19-38(32-36)43(50)47-27-28-52(4,41-23-10-7-11-24-41)33-45(2,25-26-46-3)39-20-8-6-9-21-39;1-7-26-11-8-14-29(21-26)34(41)38-31-16-9-12-27(22-31)23-32(39)28-13-10-15-30(24-28)33(40)37-19-20-42(5,6)25-35(2,3)17-18-36-4/h6-13,16-27,32,34,48H,5,14-15,28-31,33,35H2,1-4H3,(H,49,52)(H,50,53);6-24,29-30,32,46H,5,25-28,31,33H2,1-4H3,(H,47,50)(H,48,51);8-16,21-22,24,36H,7,17-20,23,25H2,1-6H3,(H,37,40)(H,38,41). The van der Waals surface area contributed by atoms with Crippen molar-refractivity contribution in [1.29, 1.82) is 0 Å². The molecule has 13 aromatic rings. The molecule has 6 amide bonds. The number of benzene rings is 13. The normalized spacial score (nSPS) is 12.9. The zero-order valence-electron chi connectivity index (χ0n) is 89.3. The Bertz CT molecular complexity index is 6570. The van der Waals surface area contributed by atoms with E-state index in [9.17, 15) is 43.2 Å². The maximum atomic E-state index is 13.5. The Balaban J connectivity index is 0.000000213. The predicted octanol–water partition coefficient (Wildman–Crippen LogP) is 24.2. The molecule has 0 spiro atoms. The van der Waals surface area contributed by atoms with E-state index in [2.05, 4.69) is 244 Å². The van der Waals surface area contributed by atoms with E-state index in [-0.39, 0.29) is 88.3 Å². The van der Waals surface area contributed by atoms with Gasteiger partial charge < -0.3 is 47.9 Å². The van der Waals surface area contributed by atoms with Crippen LogP contribution in [-0.2, 0) is 49.4 Å². The van der Waals surface area contributed by atoms with Crippen LogP contribution in [0.4, 0.5) is 17.1 Å². The zero-order chi connectivity index (χ0) is 106. The van der Waals surface area contributed by atoms with Crippen LogP contribution < -0.4 is 58.2 Å². The predicted molar refractivity (Wildman–Crippen MR) is 619 cm³/mol. The smallest absolute Gasteiger partial charge is 0.255 e. The van der Waals surface area contributed by atoms with Crippen molar-refractivity contribution in [1.82, 2.24) is 31.9 Å². The van der Waals surface area contributed by atoms with Crippen LogP contribution in [0.25, 0.3) is 0 Å². The second-order valence-corrected chi connectivity index (χ2v) is 56.3. The molecule has 0 aliphatic rings. The molecule has 4 atom stereocenters. The van der Waals surface area contributed by atoms with Gasteiger partial charge in [-0.05, 0) is 286 Å². The van der Waals surface area contributed by atoms with Crippen LogP contribution >= 0.6 is 0 Å². The number of hydrogen-bond acceptors (Lipinski definition) is 12. The molecule has 0 bridgehead atoms. The molecule has 0 radical (unpaired) electrons. The fourth-order valence-electron chi connectivity index (χ4n) is 20.4. The lowest BCUT2D eigenvalue weighted by molar-refractivity contribution is 0.0944. The van der Waals surface area contributed by atoms with Gasteiger partial charge in [-0.1, -0.05) is 328 Å². The third-order valence-electron chi connectivity index (χ3n) is 28.6. The molecule has 13 aromatic carbocycles. The minimum atomic E-state index is -2.10. The van der Waals surface area contributed by atoms with Crippen LogP contribution in [0.5, 0.6) is 0 Å². The highest BCUT2D eigenvalue weighted by Crippen LogP contribution is 2.41. The highest BCUT2D eigenvalue weighted by atomic mass is 28.3. The van der Waals surface area contributed by atoms with Crippen molar-refractivity contribution in [2.45, 2.75) is 192 Å². The van der Waals surface area contributed by atoms with Crippen molar-refractivity contribution in [3.63, 3.8) is 0 Å². The lowest BCUT2D eigenvalue weighted by atomic mass is 9.80. The van der Waals surface area contributed by atoms with Gasteiger partial charge in [-0.15, -0.1) is 0 Å². The summed E-state index contributed by atoms with van der Waals surface area (Å²) in [4.78, 5) is 118. The summed E-state index contributed by atoms with van der Waals surface area (Å²) in [6.07, 6.45) is 8.33. The van der Waals surface area contributed by atoms with Crippen molar-refractivity contribution >= 4 is 104 Å². The van der Waals surface area contributed by atoms with Crippen molar-refractivity contribution in [2.24, 2.45) is 5.41 Å². The van der Waals surface area contributed by atoms with Crippen LogP contribution in [0.15, 0.2) is 340 Å². The van der Waals surface area contributed by atoms with Gasteiger partial charge in [0.05, 0.1) is 16.1 Å². The fraction of sp³-hybridized carbons (Fsp3) is 0.315. The van der Waals surface area contributed by atoms with Crippen LogP contribution in [-0.4, -0.2) is 137 Å². The van der Waals surface area contributed by atoms with E-state index in [4.69, 9.17) is 0 Å². The number of hydrogen-bond donors (Lipinski definition) is 9. The van der Waals surface area contributed by atoms with E-state index < -0.39 is 24.2 Å². The quantitative estimate of drug-likeness (QED) is 0.00980. The van der Waals surface area contributed by atoms with Gasteiger partial charge in [0.1, 0.15) is 0 Å². The highest BCUT2D eigenvalue weighted by molar-refractivity contribution is 6.91. The summed E-state index contributed by atoms with van der Waals surface area (Å²) >= 11 is 0. The molecule has 772 valence electrons. The van der Waals surface area contributed by atoms with Crippen molar-refractivity contribution in [3.05, 3.63) is 434 Å². The minimum Gasteiger partial charge on any atom is -0.352 e. The maximum Gasteiger partial charge on any atom is 0.255 e. The minimum absolute atomic E-state index is 0.0223. The van der Waals surface area contributed by atoms with Crippen LogP contribution in [0.1, 0.15) is 218 Å². The summed E-state index contributed by atoms with van der Waals surface area (Å²) in [5.41, 5.74) is 15.4. The number of ketones is 3. The Morgan fingerprint density at radius 3 is 0.980 bits per heavy atom. The number of aryl methyl sites for hydroxylation is 3. The SMILES string of the molecule is CCc1cccc(C(=O)Nc2ccc(CC(=O)c3cccc(C(=O)NCCC[Si](C)(CC(C)(CCCNC)c4ccccc4)c4ccccc4)c3)cc2)c1.CCc1cccc(C(=O)Nc2cccc(CC(=O)c3cccc(C(=O)NCC[Si](C)(C)CC(C)(C)CCNC)c3)c2)c1.CCc1cccc(C(=O)Nc2cccc(CC(=O)c3cccc(C(=O)NCC[Si](C)(CC(C)(CCNC)c4ccccc4)c4ccccc4)c3)c2)c1. The van der Waals surface area contributed by atoms with E-state index in [1.165, 1.54) is 27.5 Å². The first-order valence-electron chi connectivity index (χ1n) is 52.5. The van der Waals surface area contributed by atoms with Gasteiger partial charge >= 0.3 is 0 Å². The van der Waals surface area contributed by atoms with Crippen molar-refractivity contribution in [2.75, 3.05) is 76.4 Å². The van der Waals surface area contributed by atoms with E-state index in [0.717, 1.165) is 135 Å². The Labute approximate surface area is 882 Å². The molecule has 0 aromatic heterocycles. The molecule has 0 fully saturated rings. The molecule has 18 nitrogen and oxygen atoms in total. The van der Waals surface area contributed by atoms with Crippen LogP contribution in [0.3, 0.4) is 0 Å². The third-order valence-corrected chi connectivity index (χ3v) is 41.5. The molecule has 21 heteroatoms. The van der Waals surface area contributed by atoms with Gasteiger partial charge in [-0.3, -0.25) is 43.2 Å². The number of carbonyl (C=O) groups is 9. The number of amides is 6. The number of nitrogens with one attached hydrogen (secondary N) is 9. The topological polar surface area (TPSA) is 262 Å². The Kier molecular flexibility index (Phi) is 43.6. The second-order valence-electron chi connectivity index (χ2n) is 42.0. The maximum absolute atomic E-state index is 13.5. The number of rotatable bonds is 51. The first-order valence-corrected chi connectivity index (χ1v) is 61.8. The second kappa shape index (κ2) is 56.4. The lowest BCUT2D eigenvalue weighted by Crippen LogP contribution is -2.51. The summed E-state index contributed by atoms with van der Waals surface area (Å²) in [5, 5.41) is 31.0. The summed E-state index contributed by atoms with van der Waals surface area (Å²) < 4.78 is 0. The lowest BCUT2D eigenvalue weighted by Gasteiger charge is -2.40. The first-order chi connectivity index (χ1) is 71.1. The molecule has 9 N–H and O–H groups in total. The first kappa shape index (κ1) is 115. The number of anilines is 3. The van der Waals surface area contributed by atoms with Gasteiger partial charge in [-0.2, -0.15) is 0 Å². The molecule has 0 saturated carbocycles. The average Bonchev–Trinajstić information content (AvgIpc) is 0.785. The monoisotopic (exact) mass is 2030 g/mol. The molecule has 0 aliphatic heterocycles. The Morgan fingerprint density at radius 2 is 0.581 bits per heavy atom. The molecule has 148 heavy (non-hydrogen) atoms. The molecule has 13 rings (SSSR count). The number of carbonyl (C=O) groups excluding carboxylic acids is 9. The third kappa shape index (κ3) is 35.2. The Morgan fingerprint density at radius 1 is 0.257 bits per heavy atom. The van der Waals surface area contributed by atoms with E-state index in [0.29, 0.717) is 86.8 Å².